The fraction of sp³-hybridized carbons (Fsp3) is 0.714. The molecule has 0 radical (unpaired) electrons. The molecule has 1 saturated heterocycles. The van der Waals surface area contributed by atoms with Gasteiger partial charge in [0.05, 0.1) is 0 Å². The summed E-state index contributed by atoms with van der Waals surface area (Å²) in [6.45, 7) is 0. The first-order valence-corrected chi connectivity index (χ1v) is 5.43. The van der Waals surface area contributed by atoms with Gasteiger partial charge in [-0.15, -0.1) is 0 Å². The van der Waals surface area contributed by atoms with Crippen molar-refractivity contribution in [3.63, 3.8) is 0 Å². The lowest BCUT2D eigenvalue weighted by Gasteiger charge is -2.20. The van der Waals surface area contributed by atoms with Gasteiger partial charge in [-0.05, 0) is 18.6 Å². The van der Waals surface area contributed by atoms with Crippen molar-refractivity contribution in [3.8, 4) is 0 Å². The first-order valence-electron chi connectivity index (χ1n) is 4.28. The molecule has 6 heteroatoms. The van der Waals surface area contributed by atoms with Gasteiger partial charge in [0.2, 0.25) is 0 Å². The van der Waals surface area contributed by atoms with Gasteiger partial charge in [-0.25, -0.2) is 0 Å². The third-order valence-electron chi connectivity index (χ3n) is 1.93. The minimum atomic E-state index is 0.117. The second kappa shape index (κ2) is 3.87. The smallest absolute Gasteiger partial charge is 0.317 e. The Labute approximate surface area is 80.5 Å². The summed E-state index contributed by atoms with van der Waals surface area (Å²) in [6, 6.07) is 0.995. The van der Waals surface area contributed by atoms with Gasteiger partial charge in [0, 0.05) is 11.8 Å². The minimum absolute atomic E-state index is 0.117. The maximum atomic E-state index is 5.30. The highest BCUT2D eigenvalue weighted by molar-refractivity contribution is 7.99. The summed E-state index contributed by atoms with van der Waals surface area (Å²) in [4.78, 5) is 0. The van der Waals surface area contributed by atoms with Crippen LogP contribution in [0.25, 0.3) is 0 Å². The van der Waals surface area contributed by atoms with Gasteiger partial charge in [-0.3, -0.25) is 0 Å². The molecule has 1 aliphatic rings. The van der Waals surface area contributed by atoms with Crippen LogP contribution in [-0.2, 0) is 0 Å². The van der Waals surface area contributed by atoms with E-state index in [9.17, 15) is 0 Å². The van der Waals surface area contributed by atoms with Crippen molar-refractivity contribution in [1.82, 2.24) is 10.2 Å². The molecule has 72 valence electrons. The average Bonchev–Trinajstić information content (AvgIpc) is 2.53. The van der Waals surface area contributed by atoms with Crippen LogP contribution in [0.2, 0.25) is 0 Å². The second-order valence-electron chi connectivity index (χ2n) is 3.00. The summed E-state index contributed by atoms with van der Waals surface area (Å²) in [6.07, 6.45) is 2.40. The van der Waals surface area contributed by atoms with E-state index in [0.717, 1.165) is 12.2 Å². The molecule has 0 spiro atoms. The zero-order chi connectivity index (χ0) is 9.10. The van der Waals surface area contributed by atoms with Crippen LogP contribution in [0.1, 0.15) is 12.8 Å². The fourth-order valence-electron chi connectivity index (χ4n) is 1.32. The van der Waals surface area contributed by atoms with Crippen LogP contribution in [0, 0.1) is 0 Å². The van der Waals surface area contributed by atoms with Gasteiger partial charge in [0.15, 0.2) is 0 Å². The third kappa shape index (κ3) is 2.27. The summed E-state index contributed by atoms with van der Waals surface area (Å²) >= 11 is 1.95. The molecule has 5 nitrogen and oxygen atoms in total. The van der Waals surface area contributed by atoms with Crippen LogP contribution >= 0.6 is 11.8 Å². The summed E-state index contributed by atoms with van der Waals surface area (Å²) in [5.74, 6) is 2.35. The first-order chi connectivity index (χ1) is 6.34. The Kier molecular flexibility index (Phi) is 2.58. The van der Waals surface area contributed by atoms with Crippen molar-refractivity contribution >= 4 is 23.8 Å². The van der Waals surface area contributed by atoms with E-state index in [4.69, 9.17) is 10.2 Å². The number of rotatable bonds is 2. The molecule has 1 atom stereocenters. The van der Waals surface area contributed by atoms with Crippen LogP contribution in [0.3, 0.4) is 0 Å². The van der Waals surface area contributed by atoms with Crippen molar-refractivity contribution in [3.05, 3.63) is 0 Å². The zero-order valence-corrected chi connectivity index (χ0v) is 8.01. The Bertz CT molecular complexity index is 271. The molecule has 13 heavy (non-hydrogen) atoms. The molecule has 1 aromatic rings. The fourth-order valence-corrected chi connectivity index (χ4v) is 2.39. The lowest BCUT2D eigenvalue weighted by molar-refractivity contribution is 0.566. The zero-order valence-electron chi connectivity index (χ0n) is 7.19. The molecular formula is C7H12N4OS. The summed E-state index contributed by atoms with van der Waals surface area (Å²) in [5.41, 5.74) is 5.30. The van der Waals surface area contributed by atoms with Gasteiger partial charge in [0.25, 0.3) is 0 Å². The normalized spacial score (nSPS) is 22.9. The standard InChI is InChI=1S/C7H12N4OS/c8-6-10-11-7(12-6)9-5-2-1-3-13-4-5/h5H,1-4H2,(H2,8,10)(H,9,11). The predicted octanol–water partition coefficient (Wildman–Crippen LogP) is 0.959. The number of nitrogens with two attached hydrogens (primary N) is 1. The highest BCUT2D eigenvalue weighted by Gasteiger charge is 2.15. The number of thioether (sulfide) groups is 1. The Hall–Kier alpha value is -0.910. The van der Waals surface area contributed by atoms with Crippen molar-refractivity contribution in [2.45, 2.75) is 18.9 Å². The average molecular weight is 200 g/mol. The van der Waals surface area contributed by atoms with Crippen molar-refractivity contribution < 1.29 is 4.42 Å². The number of nitrogens with zero attached hydrogens (tertiary/aromatic N) is 2. The molecule has 2 heterocycles. The number of hydrogen-bond acceptors (Lipinski definition) is 6. The Morgan fingerprint density at radius 1 is 1.54 bits per heavy atom. The van der Waals surface area contributed by atoms with Gasteiger partial charge in [-0.2, -0.15) is 11.8 Å². The molecule has 3 N–H and O–H groups in total. The molecule has 1 aliphatic heterocycles. The number of hydrogen-bond donors (Lipinski definition) is 2. The Morgan fingerprint density at radius 2 is 2.46 bits per heavy atom. The van der Waals surface area contributed by atoms with Crippen molar-refractivity contribution in [2.24, 2.45) is 0 Å². The Balaban J connectivity index is 1.89. The second-order valence-corrected chi connectivity index (χ2v) is 4.15. The highest BCUT2D eigenvalue weighted by Crippen LogP contribution is 2.20. The SMILES string of the molecule is Nc1nnc(NC2CCCSC2)o1. The quantitative estimate of drug-likeness (QED) is 0.740. The van der Waals surface area contributed by atoms with Crippen LogP contribution in [0.4, 0.5) is 12.0 Å². The molecule has 2 rings (SSSR count). The van der Waals surface area contributed by atoms with E-state index >= 15 is 0 Å². The number of nitrogen functional groups attached to an aromatic ring is 1. The van der Waals surface area contributed by atoms with E-state index < -0.39 is 0 Å². The van der Waals surface area contributed by atoms with E-state index in [1.807, 2.05) is 11.8 Å². The number of anilines is 2. The van der Waals surface area contributed by atoms with Gasteiger partial charge in [-0.1, -0.05) is 10.2 Å². The van der Waals surface area contributed by atoms with Crippen LogP contribution in [0.15, 0.2) is 4.42 Å². The molecule has 0 aromatic carbocycles. The Morgan fingerprint density at radius 3 is 3.08 bits per heavy atom. The minimum Gasteiger partial charge on any atom is -0.390 e. The summed E-state index contributed by atoms with van der Waals surface area (Å²) < 4.78 is 5.02. The van der Waals surface area contributed by atoms with Crippen molar-refractivity contribution in [1.29, 1.82) is 0 Å². The molecule has 0 saturated carbocycles. The molecular weight excluding hydrogens is 188 g/mol. The molecule has 0 bridgehead atoms. The lowest BCUT2D eigenvalue weighted by Crippen LogP contribution is -2.25. The number of aromatic nitrogens is 2. The molecule has 1 unspecified atom stereocenters. The van der Waals surface area contributed by atoms with Crippen LogP contribution < -0.4 is 11.1 Å². The van der Waals surface area contributed by atoms with Gasteiger partial charge >= 0.3 is 12.0 Å². The molecule has 1 aromatic heterocycles. The maximum absolute atomic E-state index is 5.30. The summed E-state index contributed by atoms with van der Waals surface area (Å²) in [7, 11) is 0. The van der Waals surface area contributed by atoms with Crippen LogP contribution in [0.5, 0.6) is 0 Å². The molecule has 0 amide bonds. The van der Waals surface area contributed by atoms with Gasteiger partial charge in [0.1, 0.15) is 0 Å². The van der Waals surface area contributed by atoms with E-state index in [-0.39, 0.29) is 6.01 Å². The summed E-state index contributed by atoms with van der Waals surface area (Å²) in [5, 5.41) is 10.5. The highest BCUT2D eigenvalue weighted by atomic mass is 32.2. The van der Waals surface area contributed by atoms with E-state index in [2.05, 4.69) is 15.5 Å². The van der Waals surface area contributed by atoms with E-state index in [0.29, 0.717) is 12.1 Å². The predicted molar refractivity (Wildman–Crippen MR) is 52.7 cm³/mol. The van der Waals surface area contributed by atoms with E-state index in [1.54, 1.807) is 0 Å². The van der Waals surface area contributed by atoms with Crippen LogP contribution in [-0.4, -0.2) is 27.7 Å². The first kappa shape index (κ1) is 8.68. The molecule has 0 aliphatic carbocycles. The monoisotopic (exact) mass is 200 g/mol. The van der Waals surface area contributed by atoms with Gasteiger partial charge < -0.3 is 15.5 Å². The molecule has 1 fully saturated rings. The maximum Gasteiger partial charge on any atom is 0.317 e. The topological polar surface area (TPSA) is 77.0 Å². The third-order valence-corrected chi connectivity index (χ3v) is 3.14. The van der Waals surface area contributed by atoms with Crippen molar-refractivity contribution in [2.75, 3.05) is 22.6 Å². The number of nitrogens with one attached hydrogen (secondary N) is 1. The lowest BCUT2D eigenvalue weighted by atomic mass is 10.2. The van der Waals surface area contributed by atoms with E-state index in [1.165, 1.54) is 12.2 Å². The largest absolute Gasteiger partial charge is 0.390 e.